The van der Waals surface area contributed by atoms with Gasteiger partial charge in [-0.05, 0) is 42.7 Å². The van der Waals surface area contributed by atoms with Crippen molar-refractivity contribution in [2.24, 2.45) is 0 Å². The highest BCUT2D eigenvalue weighted by molar-refractivity contribution is 6.30. The Morgan fingerprint density at radius 1 is 1.16 bits per heavy atom. The van der Waals surface area contributed by atoms with E-state index in [0.29, 0.717) is 19.5 Å². The quantitative estimate of drug-likeness (QED) is 0.664. The van der Waals surface area contributed by atoms with Gasteiger partial charge in [-0.3, -0.25) is 4.79 Å². The number of carbonyl (C=O) groups is 2. The molecule has 2 fully saturated rings. The molecule has 31 heavy (non-hydrogen) atoms. The van der Waals surface area contributed by atoms with Gasteiger partial charge in [0, 0.05) is 43.3 Å². The Kier molecular flexibility index (Phi) is 6.07. The van der Waals surface area contributed by atoms with Crippen LogP contribution in [0.3, 0.4) is 0 Å². The van der Waals surface area contributed by atoms with Crippen LogP contribution in [0.25, 0.3) is 0 Å². The number of piperazine rings is 1. The molecule has 8 heteroatoms. The summed E-state index contributed by atoms with van der Waals surface area (Å²) in [6.45, 7) is 4.80. The fraction of sp³-hybridized carbons (Fsp3) is 0.391. The molecule has 2 heterocycles. The second kappa shape index (κ2) is 8.77. The molecule has 3 amide bonds. The summed E-state index contributed by atoms with van der Waals surface area (Å²) in [5, 5.41) is 16.6. The molecule has 0 aliphatic carbocycles. The van der Waals surface area contributed by atoms with Crippen LogP contribution in [0.4, 0.5) is 10.5 Å². The van der Waals surface area contributed by atoms with Gasteiger partial charge < -0.3 is 25.5 Å². The van der Waals surface area contributed by atoms with Gasteiger partial charge in [-0.15, -0.1) is 0 Å². The van der Waals surface area contributed by atoms with Crippen LogP contribution in [0.5, 0.6) is 0 Å². The predicted molar refractivity (Wildman–Crippen MR) is 120 cm³/mol. The number of hydrogen-bond acceptors (Lipinski definition) is 4. The van der Waals surface area contributed by atoms with Crippen molar-refractivity contribution in [3.63, 3.8) is 0 Å². The number of nitrogens with one attached hydrogen (secondary N) is 2. The Morgan fingerprint density at radius 2 is 1.87 bits per heavy atom. The van der Waals surface area contributed by atoms with Crippen LogP contribution in [-0.4, -0.2) is 54.4 Å². The molecule has 164 valence electrons. The van der Waals surface area contributed by atoms with Crippen molar-refractivity contribution in [3.05, 3.63) is 64.7 Å². The standard InChI is InChI=1S/C23H27ClN4O3/c1-16-15-18(24)7-8-19(16)27-11-13-28(14-12-27)20(29)9-10-23(17-5-3-2-4-6-17)21(30)25-22(31)26-23/h2-8,15,21,30H,9-14H2,1H3,(H2,25,26,31). The van der Waals surface area contributed by atoms with E-state index in [2.05, 4.69) is 15.5 Å². The number of benzene rings is 2. The van der Waals surface area contributed by atoms with Crippen molar-refractivity contribution in [3.8, 4) is 0 Å². The number of nitrogens with zero attached hydrogens (tertiary/aromatic N) is 2. The smallest absolute Gasteiger partial charge is 0.317 e. The largest absolute Gasteiger partial charge is 0.371 e. The van der Waals surface area contributed by atoms with Crippen LogP contribution in [0.15, 0.2) is 48.5 Å². The number of anilines is 1. The number of aryl methyl sites for hydroxylation is 1. The first-order chi connectivity index (χ1) is 14.9. The molecule has 7 nitrogen and oxygen atoms in total. The summed E-state index contributed by atoms with van der Waals surface area (Å²) in [5.74, 6) is 0.0242. The van der Waals surface area contributed by atoms with Crippen molar-refractivity contribution < 1.29 is 14.7 Å². The van der Waals surface area contributed by atoms with Crippen LogP contribution in [0.2, 0.25) is 5.02 Å². The van der Waals surface area contributed by atoms with Gasteiger partial charge in [0.05, 0.1) is 0 Å². The molecule has 2 aliphatic rings. The Morgan fingerprint density at radius 3 is 2.48 bits per heavy atom. The Bertz CT molecular complexity index is 963. The zero-order valence-electron chi connectivity index (χ0n) is 17.5. The molecular weight excluding hydrogens is 416 g/mol. The molecule has 4 rings (SSSR count). The number of aliphatic hydroxyl groups is 1. The van der Waals surface area contributed by atoms with Gasteiger partial charge >= 0.3 is 6.03 Å². The summed E-state index contributed by atoms with van der Waals surface area (Å²) in [7, 11) is 0. The summed E-state index contributed by atoms with van der Waals surface area (Å²) in [6.07, 6.45) is -0.555. The van der Waals surface area contributed by atoms with Gasteiger partial charge in [0.15, 0.2) is 6.23 Å². The van der Waals surface area contributed by atoms with Gasteiger partial charge in [-0.2, -0.15) is 0 Å². The van der Waals surface area contributed by atoms with E-state index in [1.165, 1.54) is 0 Å². The third kappa shape index (κ3) is 4.34. The summed E-state index contributed by atoms with van der Waals surface area (Å²) in [5.41, 5.74) is 2.02. The van der Waals surface area contributed by atoms with Crippen molar-refractivity contribution in [2.45, 2.75) is 31.5 Å². The molecule has 2 aromatic carbocycles. The molecule has 0 aromatic heterocycles. The van der Waals surface area contributed by atoms with Crippen molar-refractivity contribution >= 4 is 29.2 Å². The lowest BCUT2D eigenvalue weighted by atomic mass is 9.84. The normalized spacial score (nSPS) is 23.5. The fourth-order valence-electron chi connectivity index (χ4n) is 4.50. The number of rotatable bonds is 5. The van der Waals surface area contributed by atoms with Crippen LogP contribution in [-0.2, 0) is 10.3 Å². The predicted octanol–water partition coefficient (Wildman–Crippen LogP) is 2.60. The molecule has 0 radical (unpaired) electrons. The van der Waals surface area contributed by atoms with Gasteiger partial charge in [0.25, 0.3) is 0 Å². The summed E-state index contributed by atoms with van der Waals surface area (Å²) in [4.78, 5) is 29.0. The van der Waals surface area contributed by atoms with E-state index in [4.69, 9.17) is 11.6 Å². The molecule has 2 aromatic rings. The van der Waals surface area contributed by atoms with Crippen molar-refractivity contribution in [1.29, 1.82) is 0 Å². The number of aliphatic hydroxyl groups excluding tert-OH is 1. The zero-order chi connectivity index (χ0) is 22.0. The van der Waals surface area contributed by atoms with Gasteiger partial charge in [0.1, 0.15) is 5.54 Å². The maximum atomic E-state index is 12.9. The topological polar surface area (TPSA) is 84.9 Å². The molecule has 2 unspecified atom stereocenters. The van der Waals surface area contributed by atoms with Crippen LogP contribution >= 0.6 is 11.6 Å². The molecular formula is C23H27ClN4O3. The second-order valence-corrected chi connectivity index (χ2v) is 8.57. The molecule has 2 aliphatic heterocycles. The SMILES string of the molecule is Cc1cc(Cl)ccc1N1CCN(C(=O)CCC2(c3ccccc3)NC(=O)NC2O)CC1. The molecule has 0 spiro atoms. The lowest BCUT2D eigenvalue weighted by Gasteiger charge is -2.38. The lowest BCUT2D eigenvalue weighted by Crippen LogP contribution is -2.50. The summed E-state index contributed by atoms with van der Waals surface area (Å²) in [6, 6.07) is 14.7. The van der Waals surface area contributed by atoms with Gasteiger partial charge in [0.2, 0.25) is 5.91 Å². The van der Waals surface area contributed by atoms with Crippen LogP contribution < -0.4 is 15.5 Å². The molecule has 2 saturated heterocycles. The fourth-order valence-corrected chi connectivity index (χ4v) is 4.72. The van der Waals surface area contributed by atoms with Crippen LogP contribution in [0.1, 0.15) is 24.0 Å². The number of carbonyl (C=O) groups excluding carboxylic acids is 2. The van der Waals surface area contributed by atoms with Gasteiger partial charge in [-0.1, -0.05) is 41.9 Å². The van der Waals surface area contributed by atoms with E-state index in [-0.39, 0.29) is 12.3 Å². The van der Waals surface area contributed by atoms with E-state index < -0.39 is 17.8 Å². The minimum Gasteiger partial charge on any atom is -0.371 e. The average Bonchev–Trinajstić information content (AvgIpc) is 3.07. The lowest BCUT2D eigenvalue weighted by molar-refractivity contribution is -0.132. The highest BCUT2D eigenvalue weighted by Gasteiger charge is 2.47. The van der Waals surface area contributed by atoms with Crippen molar-refractivity contribution in [1.82, 2.24) is 15.5 Å². The van der Waals surface area contributed by atoms with Gasteiger partial charge in [-0.25, -0.2) is 4.79 Å². The zero-order valence-corrected chi connectivity index (χ0v) is 18.2. The Hall–Kier alpha value is -2.77. The third-order valence-corrected chi connectivity index (χ3v) is 6.46. The monoisotopic (exact) mass is 442 g/mol. The first-order valence-electron chi connectivity index (χ1n) is 10.5. The minimum atomic E-state index is -1.10. The highest BCUT2D eigenvalue weighted by atomic mass is 35.5. The maximum Gasteiger partial charge on any atom is 0.317 e. The first kappa shape index (κ1) is 21.5. The summed E-state index contributed by atoms with van der Waals surface area (Å²) < 4.78 is 0. The first-order valence-corrected chi connectivity index (χ1v) is 10.9. The molecule has 3 N–H and O–H groups in total. The number of urea groups is 1. The van der Waals surface area contributed by atoms with E-state index in [1.807, 2.05) is 60.4 Å². The highest BCUT2D eigenvalue weighted by Crippen LogP contribution is 2.33. The third-order valence-electron chi connectivity index (χ3n) is 6.23. The van der Waals surface area contributed by atoms with Crippen molar-refractivity contribution in [2.75, 3.05) is 31.1 Å². The van der Waals surface area contributed by atoms with E-state index in [0.717, 1.165) is 34.9 Å². The van der Waals surface area contributed by atoms with E-state index in [9.17, 15) is 14.7 Å². The number of hydrogen-bond donors (Lipinski definition) is 3. The average molecular weight is 443 g/mol. The molecule has 0 bridgehead atoms. The van der Waals surface area contributed by atoms with E-state index >= 15 is 0 Å². The maximum absolute atomic E-state index is 12.9. The Labute approximate surface area is 187 Å². The number of amides is 3. The van der Waals surface area contributed by atoms with Crippen LogP contribution in [0, 0.1) is 6.92 Å². The molecule has 2 atom stereocenters. The Balaban J connectivity index is 1.39. The van der Waals surface area contributed by atoms with E-state index in [1.54, 1.807) is 0 Å². The minimum absolute atomic E-state index is 0.0242. The number of halogens is 1. The summed E-state index contributed by atoms with van der Waals surface area (Å²) >= 11 is 6.06. The molecule has 0 saturated carbocycles. The second-order valence-electron chi connectivity index (χ2n) is 8.14.